The highest BCUT2D eigenvalue weighted by Crippen LogP contribution is 2.31. The fourth-order valence-electron chi connectivity index (χ4n) is 3.81. The Morgan fingerprint density at radius 3 is 2.81 bits per heavy atom. The Morgan fingerprint density at radius 1 is 1.22 bits per heavy atom. The number of hydrogen-bond donors (Lipinski definition) is 1. The van der Waals surface area contributed by atoms with Crippen molar-refractivity contribution in [2.45, 2.75) is 19.4 Å². The first-order valence-corrected chi connectivity index (χ1v) is 10.8. The molecule has 0 saturated carbocycles. The fourth-order valence-corrected chi connectivity index (χ4v) is 4.00. The number of para-hydroxylation sites is 1. The van der Waals surface area contributed by atoms with Gasteiger partial charge in [0.1, 0.15) is 0 Å². The number of carbonyl (C=O) groups is 1. The van der Waals surface area contributed by atoms with Crippen LogP contribution in [0.4, 0.5) is 5.69 Å². The monoisotopic (exact) mass is 456 g/mol. The molecule has 0 bridgehead atoms. The van der Waals surface area contributed by atoms with Gasteiger partial charge in [0.05, 0.1) is 37.4 Å². The molecule has 1 saturated heterocycles. The molecule has 8 nitrogen and oxygen atoms in total. The fraction of sp³-hybridized carbons (Fsp3) is 0.348. The molecule has 9 heteroatoms. The highest BCUT2D eigenvalue weighted by atomic mass is 35.5. The number of carbonyl (C=O) groups excluding carboxylic acids is 1. The van der Waals surface area contributed by atoms with Crippen LogP contribution in [0.2, 0.25) is 5.02 Å². The first kappa shape index (κ1) is 22.1. The third-order valence-corrected chi connectivity index (χ3v) is 5.81. The van der Waals surface area contributed by atoms with E-state index in [0.29, 0.717) is 47.0 Å². The van der Waals surface area contributed by atoms with Crippen LogP contribution in [-0.2, 0) is 11.3 Å². The summed E-state index contributed by atoms with van der Waals surface area (Å²) in [5, 5.41) is 7.57. The summed E-state index contributed by atoms with van der Waals surface area (Å²) in [4.78, 5) is 19.4. The number of amides is 1. The van der Waals surface area contributed by atoms with Crippen molar-refractivity contribution in [3.05, 3.63) is 53.4 Å². The Balaban J connectivity index is 1.39. The van der Waals surface area contributed by atoms with Crippen molar-refractivity contribution >= 4 is 23.2 Å². The zero-order valence-electron chi connectivity index (χ0n) is 18.0. The van der Waals surface area contributed by atoms with Gasteiger partial charge in [0.25, 0.3) is 0 Å². The van der Waals surface area contributed by atoms with Gasteiger partial charge in [0.2, 0.25) is 17.6 Å². The van der Waals surface area contributed by atoms with Crippen molar-refractivity contribution in [2.24, 2.45) is 5.92 Å². The largest absolute Gasteiger partial charge is 0.493 e. The van der Waals surface area contributed by atoms with E-state index in [1.165, 1.54) is 0 Å². The smallest absolute Gasteiger partial charge is 0.241 e. The van der Waals surface area contributed by atoms with E-state index in [9.17, 15) is 4.79 Å². The van der Waals surface area contributed by atoms with Gasteiger partial charge in [0.15, 0.2) is 11.5 Å². The van der Waals surface area contributed by atoms with Gasteiger partial charge in [-0.25, -0.2) is 0 Å². The average Bonchev–Trinajstić information content (AvgIpc) is 3.28. The summed E-state index contributed by atoms with van der Waals surface area (Å²) in [6, 6.07) is 12.7. The van der Waals surface area contributed by atoms with E-state index in [4.69, 9.17) is 25.6 Å². The molecular weight excluding hydrogens is 432 g/mol. The van der Waals surface area contributed by atoms with E-state index in [0.717, 1.165) is 24.9 Å². The molecular formula is C23H25ClN4O4. The van der Waals surface area contributed by atoms with Crippen molar-refractivity contribution in [1.29, 1.82) is 0 Å². The predicted molar refractivity (Wildman–Crippen MR) is 121 cm³/mol. The minimum Gasteiger partial charge on any atom is -0.493 e. The molecule has 0 radical (unpaired) electrons. The van der Waals surface area contributed by atoms with Crippen molar-refractivity contribution in [1.82, 2.24) is 15.0 Å². The van der Waals surface area contributed by atoms with Gasteiger partial charge in [-0.15, -0.1) is 0 Å². The zero-order chi connectivity index (χ0) is 22.5. The maximum atomic E-state index is 12.7. The number of likely N-dealkylation sites (tertiary alicyclic amines) is 1. The number of piperidine rings is 1. The van der Waals surface area contributed by atoms with Gasteiger partial charge in [-0.05, 0) is 49.7 Å². The van der Waals surface area contributed by atoms with Crippen LogP contribution in [0, 0.1) is 5.92 Å². The third kappa shape index (κ3) is 5.03. The molecule has 1 aromatic heterocycles. The summed E-state index contributed by atoms with van der Waals surface area (Å²) in [7, 11) is 3.17. The Kier molecular flexibility index (Phi) is 6.92. The number of aromatic nitrogens is 2. The van der Waals surface area contributed by atoms with Crippen molar-refractivity contribution in [2.75, 3.05) is 32.6 Å². The molecule has 0 aliphatic carbocycles. The second-order valence-electron chi connectivity index (χ2n) is 7.62. The molecule has 2 aromatic carbocycles. The highest BCUT2D eigenvalue weighted by Gasteiger charge is 2.27. The standard InChI is InChI=1S/C23H25ClN4O4/c1-30-19-10-9-15(12-20(19)31-2)22-26-21(32-27-22)14-28-11-5-6-16(13-28)23(29)25-18-8-4-3-7-17(18)24/h3-4,7-10,12,16H,5-6,11,13-14H2,1-2H3,(H,25,29). The van der Waals surface area contributed by atoms with E-state index in [2.05, 4.69) is 20.4 Å². The van der Waals surface area contributed by atoms with Crippen LogP contribution in [0.3, 0.4) is 0 Å². The Morgan fingerprint density at radius 2 is 2.03 bits per heavy atom. The predicted octanol–water partition coefficient (Wildman–Crippen LogP) is 4.26. The van der Waals surface area contributed by atoms with Crippen LogP contribution >= 0.6 is 11.6 Å². The molecule has 1 atom stereocenters. The molecule has 1 unspecified atom stereocenters. The molecule has 4 rings (SSSR count). The summed E-state index contributed by atoms with van der Waals surface area (Å²) >= 11 is 6.16. The lowest BCUT2D eigenvalue weighted by Crippen LogP contribution is -2.40. The number of ether oxygens (including phenoxy) is 2. The van der Waals surface area contributed by atoms with Crippen LogP contribution in [0.25, 0.3) is 11.4 Å². The minimum absolute atomic E-state index is 0.0284. The molecule has 168 valence electrons. The maximum absolute atomic E-state index is 12.7. The second-order valence-corrected chi connectivity index (χ2v) is 8.03. The average molecular weight is 457 g/mol. The lowest BCUT2D eigenvalue weighted by Gasteiger charge is -2.30. The molecule has 1 aliphatic heterocycles. The molecule has 3 aromatic rings. The lowest BCUT2D eigenvalue weighted by atomic mass is 9.97. The first-order chi connectivity index (χ1) is 15.6. The van der Waals surface area contributed by atoms with Crippen LogP contribution in [0.5, 0.6) is 11.5 Å². The summed E-state index contributed by atoms with van der Waals surface area (Å²) in [5.41, 5.74) is 1.40. The molecule has 1 aliphatic rings. The number of hydrogen-bond acceptors (Lipinski definition) is 7. The van der Waals surface area contributed by atoms with Crippen molar-refractivity contribution in [3.8, 4) is 22.9 Å². The van der Waals surface area contributed by atoms with Crippen LogP contribution < -0.4 is 14.8 Å². The molecule has 1 fully saturated rings. The third-order valence-electron chi connectivity index (χ3n) is 5.48. The number of nitrogens with zero attached hydrogens (tertiary/aromatic N) is 3. The van der Waals surface area contributed by atoms with Crippen LogP contribution in [0.1, 0.15) is 18.7 Å². The van der Waals surface area contributed by atoms with Crippen molar-refractivity contribution in [3.63, 3.8) is 0 Å². The number of nitrogens with one attached hydrogen (secondary N) is 1. The number of rotatable bonds is 7. The molecule has 0 spiro atoms. The maximum Gasteiger partial charge on any atom is 0.241 e. The normalized spacial score (nSPS) is 16.5. The summed E-state index contributed by atoms with van der Waals surface area (Å²) in [5.74, 6) is 2.05. The topological polar surface area (TPSA) is 89.7 Å². The van der Waals surface area contributed by atoms with E-state index >= 15 is 0 Å². The number of benzene rings is 2. The molecule has 1 amide bonds. The van der Waals surface area contributed by atoms with E-state index < -0.39 is 0 Å². The summed E-state index contributed by atoms with van der Waals surface area (Å²) in [6.45, 7) is 1.96. The summed E-state index contributed by atoms with van der Waals surface area (Å²) < 4.78 is 16.1. The van der Waals surface area contributed by atoms with Crippen molar-refractivity contribution < 1.29 is 18.8 Å². The van der Waals surface area contributed by atoms with Gasteiger partial charge in [-0.1, -0.05) is 28.9 Å². The Hall–Kier alpha value is -3.10. The molecule has 1 N–H and O–H groups in total. The highest BCUT2D eigenvalue weighted by molar-refractivity contribution is 6.33. The van der Waals surface area contributed by atoms with E-state index in [1.807, 2.05) is 24.3 Å². The van der Waals surface area contributed by atoms with Gasteiger partial charge in [0, 0.05) is 12.1 Å². The minimum atomic E-state index is -0.131. The number of anilines is 1. The number of methoxy groups -OCH3 is 2. The second kappa shape index (κ2) is 10.0. The zero-order valence-corrected chi connectivity index (χ0v) is 18.8. The van der Waals surface area contributed by atoms with E-state index in [-0.39, 0.29) is 11.8 Å². The molecule has 2 heterocycles. The lowest BCUT2D eigenvalue weighted by molar-refractivity contribution is -0.121. The van der Waals surface area contributed by atoms with Crippen LogP contribution in [-0.4, -0.2) is 48.3 Å². The Bertz CT molecular complexity index is 1090. The quantitative estimate of drug-likeness (QED) is 0.568. The van der Waals surface area contributed by atoms with Gasteiger partial charge < -0.3 is 19.3 Å². The van der Waals surface area contributed by atoms with E-state index in [1.54, 1.807) is 32.4 Å². The van der Waals surface area contributed by atoms with Crippen LogP contribution in [0.15, 0.2) is 47.0 Å². The van der Waals surface area contributed by atoms with Gasteiger partial charge in [-0.3, -0.25) is 9.69 Å². The SMILES string of the molecule is COc1ccc(-c2noc(CN3CCCC(C(=O)Nc4ccccc4Cl)C3)n2)cc1OC. The number of halogens is 1. The molecule has 32 heavy (non-hydrogen) atoms. The van der Waals surface area contributed by atoms with Gasteiger partial charge >= 0.3 is 0 Å². The Labute approximate surface area is 191 Å². The van der Waals surface area contributed by atoms with Gasteiger partial charge in [-0.2, -0.15) is 4.98 Å². The summed E-state index contributed by atoms with van der Waals surface area (Å²) in [6.07, 6.45) is 1.74. The first-order valence-electron chi connectivity index (χ1n) is 10.4.